The maximum atomic E-state index is 11.8. The summed E-state index contributed by atoms with van der Waals surface area (Å²) >= 11 is 0. The van der Waals surface area contributed by atoms with Crippen molar-refractivity contribution < 1.29 is 19.1 Å². The van der Waals surface area contributed by atoms with Crippen LogP contribution in [0, 0.1) is 12.3 Å². The molecule has 0 saturated carbocycles. The summed E-state index contributed by atoms with van der Waals surface area (Å²) in [6.07, 6.45) is 5.25. The van der Waals surface area contributed by atoms with Gasteiger partial charge in [-0.25, -0.2) is 4.79 Å². The maximum Gasteiger partial charge on any atom is 0.371 e. The van der Waals surface area contributed by atoms with Gasteiger partial charge in [0.25, 0.3) is 5.91 Å². The van der Waals surface area contributed by atoms with Gasteiger partial charge in [-0.1, -0.05) is 12.0 Å². The van der Waals surface area contributed by atoms with Crippen LogP contribution in [0.1, 0.15) is 26.7 Å². The van der Waals surface area contributed by atoms with Gasteiger partial charge in [-0.3, -0.25) is 4.79 Å². The molecule has 1 heterocycles. The van der Waals surface area contributed by atoms with E-state index in [1.54, 1.807) is 24.3 Å². The second kappa shape index (κ2) is 5.10. The number of benzene rings is 1. The summed E-state index contributed by atoms with van der Waals surface area (Å²) in [5.41, 5.74) is 1.14. The summed E-state index contributed by atoms with van der Waals surface area (Å²) in [6.45, 7) is 0. The van der Waals surface area contributed by atoms with Crippen molar-refractivity contribution in [1.29, 1.82) is 0 Å². The number of carbonyl (C=O) groups excluding carboxylic acids is 1. The van der Waals surface area contributed by atoms with E-state index in [4.69, 9.17) is 15.9 Å². The third kappa shape index (κ3) is 2.82. The number of furan rings is 1. The average molecular weight is 255 g/mol. The third-order valence-electron chi connectivity index (χ3n) is 2.33. The molecule has 0 atom stereocenters. The summed E-state index contributed by atoms with van der Waals surface area (Å²) < 4.78 is 4.88. The van der Waals surface area contributed by atoms with E-state index in [9.17, 15) is 9.59 Å². The molecule has 2 aromatic rings. The molecular weight excluding hydrogens is 246 g/mol. The molecule has 5 nitrogen and oxygen atoms in total. The van der Waals surface area contributed by atoms with Crippen molar-refractivity contribution in [3.05, 3.63) is 53.5 Å². The first-order chi connectivity index (χ1) is 9.10. The van der Waals surface area contributed by atoms with Crippen molar-refractivity contribution >= 4 is 17.6 Å². The van der Waals surface area contributed by atoms with E-state index in [0.717, 1.165) is 0 Å². The number of hydrogen-bond donors (Lipinski definition) is 2. The van der Waals surface area contributed by atoms with Crippen molar-refractivity contribution in [2.45, 2.75) is 0 Å². The van der Waals surface area contributed by atoms with Gasteiger partial charge in [-0.05, 0) is 30.3 Å². The van der Waals surface area contributed by atoms with Crippen molar-refractivity contribution in [3.8, 4) is 12.3 Å². The lowest BCUT2D eigenvalue weighted by atomic mass is 10.2. The lowest BCUT2D eigenvalue weighted by Crippen LogP contribution is -2.11. The van der Waals surface area contributed by atoms with Gasteiger partial charge in [0, 0.05) is 11.3 Å². The molecule has 1 aromatic heterocycles. The highest BCUT2D eigenvalue weighted by Crippen LogP contribution is 2.13. The molecule has 19 heavy (non-hydrogen) atoms. The van der Waals surface area contributed by atoms with Crippen LogP contribution in [0.2, 0.25) is 0 Å². The molecule has 0 aliphatic heterocycles. The topological polar surface area (TPSA) is 79.5 Å². The first-order valence-corrected chi connectivity index (χ1v) is 5.31. The van der Waals surface area contributed by atoms with Gasteiger partial charge < -0.3 is 14.8 Å². The van der Waals surface area contributed by atoms with Gasteiger partial charge in [-0.2, -0.15) is 0 Å². The minimum absolute atomic E-state index is 0.0801. The van der Waals surface area contributed by atoms with E-state index in [0.29, 0.717) is 11.3 Å². The lowest BCUT2D eigenvalue weighted by molar-refractivity contribution is 0.0660. The number of carboxylic acid groups (broad SMARTS) is 1. The highest BCUT2D eigenvalue weighted by atomic mass is 16.4. The Morgan fingerprint density at radius 1 is 1.21 bits per heavy atom. The van der Waals surface area contributed by atoms with E-state index < -0.39 is 11.9 Å². The van der Waals surface area contributed by atoms with Crippen LogP contribution < -0.4 is 5.32 Å². The van der Waals surface area contributed by atoms with Gasteiger partial charge in [0.1, 0.15) is 0 Å². The Labute approximate surface area is 108 Å². The molecule has 1 aromatic carbocycles. The largest absolute Gasteiger partial charge is 0.475 e. The van der Waals surface area contributed by atoms with Gasteiger partial charge in [-0.15, -0.1) is 6.42 Å². The average Bonchev–Trinajstić information content (AvgIpc) is 2.89. The van der Waals surface area contributed by atoms with Crippen molar-refractivity contribution in [2.75, 3.05) is 5.32 Å². The van der Waals surface area contributed by atoms with Gasteiger partial charge >= 0.3 is 5.97 Å². The van der Waals surface area contributed by atoms with Crippen LogP contribution in [0.3, 0.4) is 0 Å². The summed E-state index contributed by atoms with van der Waals surface area (Å²) in [5, 5.41) is 11.3. The zero-order chi connectivity index (χ0) is 13.8. The van der Waals surface area contributed by atoms with Gasteiger partial charge in [0.15, 0.2) is 5.76 Å². The van der Waals surface area contributed by atoms with Crippen molar-refractivity contribution in [1.82, 2.24) is 0 Å². The van der Waals surface area contributed by atoms with E-state index in [-0.39, 0.29) is 11.5 Å². The van der Waals surface area contributed by atoms with Crippen LogP contribution in [0.15, 0.2) is 40.8 Å². The first kappa shape index (κ1) is 12.5. The molecule has 2 rings (SSSR count). The zero-order valence-corrected chi connectivity index (χ0v) is 9.71. The maximum absolute atomic E-state index is 11.8. The van der Waals surface area contributed by atoms with Gasteiger partial charge in [0.05, 0.1) is 0 Å². The number of aromatic carboxylic acids is 1. The van der Waals surface area contributed by atoms with E-state index in [2.05, 4.69) is 11.2 Å². The minimum Gasteiger partial charge on any atom is -0.475 e. The van der Waals surface area contributed by atoms with Crippen LogP contribution in [0.4, 0.5) is 5.69 Å². The van der Waals surface area contributed by atoms with Crippen LogP contribution in [-0.4, -0.2) is 17.0 Å². The monoisotopic (exact) mass is 255 g/mol. The molecule has 2 N–H and O–H groups in total. The van der Waals surface area contributed by atoms with Gasteiger partial charge in [0.2, 0.25) is 5.76 Å². The van der Waals surface area contributed by atoms with E-state index >= 15 is 0 Å². The first-order valence-electron chi connectivity index (χ1n) is 5.31. The standard InChI is InChI=1S/C14H9NO4/c1-2-9-4-3-5-10(8-9)15-13(16)11-6-7-12(19-11)14(17)18/h1,3-8H,(H,15,16)(H,17,18). The number of anilines is 1. The Bertz CT molecular complexity index is 679. The SMILES string of the molecule is C#Cc1cccc(NC(=O)c2ccc(C(=O)O)o2)c1. The third-order valence-corrected chi connectivity index (χ3v) is 2.33. The summed E-state index contributed by atoms with van der Waals surface area (Å²) in [6, 6.07) is 9.23. The minimum atomic E-state index is -1.23. The second-order valence-electron chi connectivity index (χ2n) is 3.65. The molecule has 0 fully saturated rings. The summed E-state index contributed by atoms with van der Waals surface area (Å²) in [4.78, 5) is 22.4. The summed E-state index contributed by atoms with van der Waals surface area (Å²) in [7, 11) is 0. The number of terminal acetylenes is 1. The number of carboxylic acids is 1. The predicted molar refractivity (Wildman–Crippen MR) is 68.0 cm³/mol. The fourth-order valence-electron chi connectivity index (χ4n) is 1.45. The van der Waals surface area contributed by atoms with Crippen molar-refractivity contribution in [3.63, 3.8) is 0 Å². The Kier molecular flexibility index (Phi) is 3.35. The Morgan fingerprint density at radius 3 is 2.58 bits per heavy atom. The predicted octanol–water partition coefficient (Wildman–Crippen LogP) is 2.21. The zero-order valence-electron chi connectivity index (χ0n) is 9.71. The molecule has 0 aliphatic carbocycles. The normalized spacial score (nSPS) is 9.63. The highest BCUT2D eigenvalue weighted by Gasteiger charge is 2.14. The van der Waals surface area contributed by atoms with E-state index in [1.807, 2.05) is 0 Å². The van der Waals surface area contributed by atoms with Crippen LogP contribution in [0.25, 0.3) is 0 Å². The molecule has 0 aliphatic rings. The molecule has 0 radical (unpaired) electrons. The molecule has 5 heteroatoms. The number of carbonyl (C=O) groups is 2. The number of amides is 1. The van der Waals surface area contributed by atoms with Crippen molar-refractivity contribution in [2.24, 2.45) is 0 Å². The Hall–Kier alpha value is -3.00. The highest BCUT2D eigenvalue weighted by molar-refractivity contribution is 6.03. The smallest absolute Gasteiger partial charge is 0.371 e. The van der Waals surface area contributed by atoms with Crippen LogP contribution in [0.5, 0.6) is 0 Å². The lowest BCUT2D eigenvalue weighted by Gasteiger charge is -2.03. The molecule has 0 spiro atoms. The van der Waals surface area contributed by atoms with Crippen LogP contribution >= 0.6 is 0 Å². The second-order valence-corrected chi connectivity index (χ2v) is 3.65. The molecule has 1 amide bonds. The Morgan fingerprint density at radius 2 is 1.95 bits per heavy atom. The van der Waals surface area contributed by atoms with E-state index in [1.165, 1.54) is 12.1 Å². The quantitative estimate of drug-likeness (QED) is 0.824. The molecule has 0 bridgehead atoms. The molecule has 94 valence electrons. The fourth-order valence-corrected chi connectivity index (χ4v) is 1.45. The molecule has 0 saturated heterocycles. The Balaban J connectivity index is 2.16. The number of rotatable bonds is 3. The summed E-state index contributed by atoms with van der Waals surface area (Å²) in [5.74, 6) is 0.309. The molecule has 0 unspecified atom stereocenters. The number of nitrogens with one attached hydrogen (secondary N) is 1. The molecular formula is C14H9NO4. The van der Waals surface area contributed by atoms with Crippen LogP contribution in [-0.2, 0) is 0 Å². The number of hydrogen-bond acceptors (Lipinski definition) is 3. The fraction of sp³-hybridized carbons (Fsp3) is 0.